The summed E-state index contributed by atoms with van der Waals surface area (Å²) in [6.07, 6.45) is 1.93. The summed E-state index contributed by atoms with van der Waals surface area (Å²) in [4.78, 5) is 53.0. The lowest BCUT2D eigenvalue weighted by Gasteiger charge is -2.39. The van der Waals surface area contributed by atoms with Crippen LogP contribution in [0.1, 0.15) is 43.5 Å². The lowest BCUT2D eigenvalue weighted by molar-refractivity contribution is -0.154. The first-order valence-corrected chi connectivity index (χ1v) is 18.4. The van der Waals surface area contributed by atoms with E-state index in [1.54, 1.807) is 27.9 Å². The molecule has 1 unspecified atom stereocenters. The van der Waals surface area contributed by atoms with E-state index in [1.165, 1.54) is 11.8 Å². The summed E-state index contributed by atoms with van der Waals surface area (Å²) in [5.74, 6) is -1.02. The minimum absolute atomic E-state index is 0.00628. The second-order valence-electron chi connectivity index (χ2n) is 12.7. The van der Waals surface area contributed by atoms with Gasteiger partial charge in [0.15, 0.2) is 20.1 Å². The number of aryl methyl sites for hydroxylation is 1. The van der Waals surface area contributed by atoms with E-state index in [4.69, 9.17) is 9.47 Å². The number of aliphatic hydroxyl groups is 1. The van der Waals surface area contributed by atoms with Gasteiger partial charge in [-0.2, -0.15) is 0 Å². The fourth-order valence-corrected chi connectivity index (χ4v) is 9.93. The fraction of sp³-hybridized carbons (Fsp3) is 0.469. The lowest BCUT2D eigenvalue weighted by Crippen LogP contribution is -2.54. The van der Waals surface area contributed by atoms with Crippen molar-refractivity contribution in [1.82, 2.24) is 15.0 Å². The number of carbonyl (C=O) groups is 3. The number of aliphatic hydroxyl groups excluding tert-OH is 1. The third-order valence-corrected chi connectivity index (χ3v) is 11.8. The smallest absolute Gasteiger partial charge is 0.304 e. The molecule has 6 rings (SSSR count). The molecular weight excluding hydrogens is 594 g/mol. The van der Waals surface area contributed by atoms with E-state index in [1.807, 2.05) is 56.4 Å². The zero-order valence-electron chi connectivity index (χ0n) is 25.9. The van der Waals surface area contributed by atoms with Crippen molar-refractivity contribution in [3.8, 4) is 0 Å². The molecule has 2 amide bonds. The number of rotatable bonds is 10. The maximum atomic E-state index is 14.6. The molecule has 0 bridgehead atoms. The number of ether oxygens (including phenoxy) is 2. The number of benzene rings is 2. The number of fused-ring (bicyclic) bond motifs is 2. The van der Waals surface area contributed by atoms with Crippen LogP contribution in [0.3, 0.4) is 0 Å². The molecule has 5 atom stereocenters. The zero-order valence-corrected chi connectivity index (χ0v) is 26.9. The van der Waals surface area contributed by atoms with Crippen LogP contribution in [-0.4, -0.2) is 69.9 Å². The Labute approximate surface area is 262 Å². The van der Waals surface area contributed by atoms with Gasteiger partial charge >= 0.3 is 5.97 Å². The summed E-state index contributed by atoms with van der Waals surface area (Å²) in [6, 6.07) is 15.0. The molecule has 4 heterocycles. The Bertz CT molecular complexity index is 1610. The number of carbonyl (C=O) groups excluding carboxylic acids is 3. The second kappa shape index (κ2) is 11.8. The largest absolute Gasteiger partial charge is 0.441 e. The van der Waals surface area contributed by atoms with Crippen molar-refractivity contribution in [2.45, 2.75) is 82.8 Å². The number of nitrogens with zero attached hydrogens (tertiary/aromatic N) is 5. The normalized spacial score (nSPS) is 26.0. The van der Waals surface area contributed by atoms with Crippen LogP contribution in [0.15, 0.2) is 54.7 Å². The first kappa shape index (κ1) is 31.1. The number of aromatic nitrogens is 3. The van der Waals surface area contributed by atoms with Gasteiger partial charge in [0, 0.05) is 55.4 Å². The molecule has 2 aromatic carbocycles. The van der Waals surface area contributed by atoms with Crippen LogP contribution in [0, 0.1) is 5.92 Å². The number of para-hydroxylation sites is 1. The van der Waals surface area contributed by atoms with Gasteiger partial charge in [-0.25, -0.2) is 0 Å². The molecule has 45 heavy (non-hydrogen) atoms. The maximum absolute atomic E-state index is 14.6. The highest BCUT2D eigenvalue weighted by Gasteiger charge is 2.66. The summed E-state index contributed by atoms with van der Waals surface area (Å²) in [5.41, 5.74) is 2.29. The van der Waals surface area contributed by atoms with Gasteiger partial charge in [-0.15, -0.1) is 5.10 Å². The van der Waals surface area contributed by atoms with Crippen molar-refractivity contribution in [3.63, 3.8) is 0 Å². The van der Waals surface area contributed by atoms with Gasteiger partial charge in [0.25, 0.3) is 5.91 Å². The van der Waals surface area contributed by atoms with Crippen molar-refractivity contribution in [1.29, 1.82) is 0 Å². The second-order valence-corrected chi connectivity index (χ2v) is 16.7. The molecule has 0 radical (unpaired) electrons. The summed E-state index contributed by atoms with van der Waals surface area (Å²) >= 11 is 0. The molecule has 2 N–H and O–H groups in total. The van der Waals surface area contributed by atoms with E-state index in [0.29, 0.717) is 30.8 Å². The molecule has 3 aliphatic rings. The van der Waals surface area contributed by atoms with Crippen LogP contribution in [0.4, 0.5) is 11.4 Å². The Morgan fingerprint density at radius 2 is 1.89 bits per heavy atom. The van der Waals surface area contributed by atoms with Crippen molar-refractivity contribution in [2.75, 3.05) is 16.4 Å². The van der Waals surface area contributed by atoms with E-state index < -0.39 is 26.1 Å². The fourth-order valence-electron chi connectivity index (χ4n) is 7.32. The summed E-state index contributed by atoms with van der Waals surface area (Å²) in [5, 5.41) is 17.5. The van der Waals surface area contributed by atoms with Gasteiger partial charge in [0.2, 0.25) is 5.91 Å². The minimum atomic E-state index is -2.81. The predicted molar refractivity (Wildman–Crippen MR) is 166 cm³/mol. The molecule has 2 saturated heterocycles. The Balaban J connectivity index is 1.25. The van der Waals surface area contributed by atoms with Gasteiger partial charge in [-0.05, 0) is 43.3 Å². The molecule has 0 saturated carbocycles. The molecule has 3 aliphatic heterocycles. The molecule has 0 aliphatic carbocycles. The molecule has 2 fully saturated rings. The van der Waals surface area contributed by atoms with Gasteiger partial charge in [0.1, 0.15) is 0 Å². The van der Waals surface area contributed by atoms with Gasteiger partial charge in [-0.3, -0.25) is 24.0 Å². The van der Waals surface area contributed by atoms with Crippen molar-refractivity contribution in [3.05, 3.63) is 71.5 Å². The quantitative estimate of drug-likeness (QED) is 0.195. The minimum Gasteiger partial charge on any atom is -0.441 e. The monoisotopic (exact) mass is 633 g/mol. The number of anilines is 2. The first-order valence-electron chi connectivity index (χ1n) is 15.3. The third-order valence-electron chi connectivity index (χ3n) is 9.25. The Hall–Kier alpha value is -3.91. The average molecular weight is 634 g/mol. The molecule has 238 valence electrons. The number of β-lactam (4-membered cyclic amide) rings is 1. The number of amides is 2. The van der Waals surface area contributed by atoms with E-state index >= 15 is 0 Å². The van der Waals surface area contributed by atoms with E-state index in [-0.39, 0.29) is 48.9 Å². The topological polar surface area (TPSA) is 147 Å². The number of hydrogen-bond acceptors (Lipinski definition) is 9. The third kappa shape index (κ3) is 5.47. The van der Waals surface area contributed by atoms with Crippen LogP contribution in [-0.2, 0) is 49.0 Å². The predicted octanol–water partition coefficient (Wildman–Crippen LogP) is 2.87. The Morgan fingerprint density at radius 3 is 2.56 bits per heavy atom. The molecule has 1 spiro atoms. The highest BCUT2D eigenvalue weighted by molar-refractivity contribution is 6.71. The Kier molecular flexibility index (Phi) is 8.14. The van der Waals surface area contributed by atoms with Crippen molar-refractivity contribution < 1.29 is 33.8 Å². The molecule has 1 aromatic heterocycles. The molecule has 12 nitrogen and oxygen atoms in total. The summed E-state index contributed by atoms with van der Waals surface area (Å²) in [6.45, 7) is 7.91. The van der Waals surface area contributed by atoms with Gasteiger partial charge in [-0.1, -0.05) is 42.5 Å². The zero-order chi connectivity index (χ0) is 32.1. The lowest BCUT2D eigenvalue weighted by atomic mass is 9.82. The highest BCUT2D eigenvalue weighted by Crippen LogP contribution is 2.59. The number of esters is 1. The van der Waals surface area contributed by atoms with Crippen LogP contribution >= 0.6 is 0 Å². The SMILES string of the molecule is CC(=O)OC1CC(=O)N1c1ccc(CN2C(=O)[C@]3(O[C@H](CCn4cc(CCO)nn4)[C@@H]([Si](C)(C)O)[C@@H]3C)c3ccccc32)cc1. The average Bonchev–Trinajstić information content (AvgIpc) is 3.62. The van der Waals surface area contributed by atoms with Crippen molar-refractivity contribution in [2.24, 2.45) is 5.92 Å². The van der Waals surface area contributed by atoms with Gasteiger partial charge in [0.05, 0.1) is 30.5 Å². The van der Waals surface area contributed by atoms with Crippen LogP contribution < -0.4 is 9.80 Å². The van der Waals surface area contributed by atoms with E-state index in [2.05, 4.69) is 10.3 Å². The van der Waals surface area contributed by atoms with E-state index in [0.717, 1.165) is 16.8 Å². The number of hydrogen-bond donors (Lipinski definition) is 2. The Morgan fingerprint density at radius 1 is 1.16 bits per heavy atom. The highest BCUT2D eigenvalue weighted by atomic mass is 28.4. The molecule has 13 heteroatoms. The van der Waals surface area contributed by atoms with Crippen LogP contribution in [0.2, 0.25) is 18.6 Å². The maximum Gasteiger partial charge on any atom is 0.304 e. The molecular formula is C32H39N5O7Si. The van der Waals surface area contributed by atoms with Crippen molar-refractivity contribution >= 4 is 37.5 Å². The van der Waals surface area contributed by atoms with Crippen LogP contribution in [0.25, 0.3) is 0 Å². The first-order chi connectivity index (χ1) is 21.4. The molecule has 3 aromatic rings. The van der Waals surface area contributed by atoms with Crippen LogP contribution in [0.5, 0.6) is 0 Å². The van der Waals surface area contributed by atoms with Gasteiger partial charge < -0.3 is 24.3 Å². The van der Waals surface area contributed by atoms with E-state index in [9.17, 15) is 24.3 Å². The summed E-state index contributed by atoms with van der Waals surface area (Å²) in [7, 11) is -2.81. The summed E-state index contributed by atoms with van der Waals surface area (Å²) < 4.78 is 13.8. The standard InChI is InChI=1S/C32H39N5O7Si/c1-20-30(45(3,4)42)27(13-15-35-19-23(14-16-38)33-34-35)44-32(20)25-7-5-6-8-26(25)36(31(32)41)18-22-9-11-24(12-10-22)37-28(40)17-29(37)43-21(2)39/h5-12,19-20,27,29-30,38,42H,13-18H2,1-4H3/t20-,27+,29?,30-,32+/m0/s1.